The van der Waals surface area contributed by atoms with E-state index in [0.29, 0.717) is 0 Å². The highest BCUT2D eigenvalue weighted by Gasteiger charge is 2.29. The average molecular weight is 225 g/mol. The van der Waals surface area contributed by atoms with Crippen LogP contribution in [0.2, 0.25) is 0 Å². The molecule has 0 radical (unpaired) electrons. The van der Waals surface area contributed by atoms with Gasteiger partial charge >= 0.3 is 0 Å². The van der Waals surface area contributed by atoms with Crippen molar-refractivity contribution in [3.63, 3.8) is 0 Å². The molecule has 0 aliphatic carbocycles. The highest BCUT2D eigenvalue weighted by Crippen LogP contribution is 2.39. The first-order valence-electron chi connectivity index (χ1n) is 5.47. The minimum absolute atomic E-state index is 0.250. The maximum atomic E-state index is 6.62. The van der Waals surface area contributed by atoms with E-state index in [2.05, 4.69) is 58.9 Å². The lowest BCUT2D eigenvalue weighted by molar-refractivity contribution is 0.327. The van der Waals surface area contributed by atoms with Gasteiger partial charge in [-0.1, -0.05) is 50.6 Å². The van der Waals surface area contributed by atoms with E-state index in [9.17, 15) is 0 Å². The molecule has 15 heavy (non-hydrogen) atoms. The number of halogens is 1. The summed E-state index contributed by atoms with van der Waals surface area (Å²) in [5.41, 5.74) is 2.74. The van der Waals surface area contributed by atoms with Gasteiger partial charge in [0, 0.05) is 0 Å². The summed E-state index contributed by atoms with van der Waals surface area (Å²) < 4.78 is 0. The average Bonchev–Trinajstić information content (AvgIpc) is 1.99. The van der Waals surface area contributed by atoms with E-state index in [-0.39, 0.29) is 10.3 Å². The normalized spacial score (nSPS) is 16.1. The van der Waals surface area contributed by atoms with Gasteiger partial charge < -0.3 is 0 Å². The molecular weight excluding hydrogens is 204 g/mol. The Morgan fingerprint density at radius 3 is 2.20 bits per heavy atom. The fourth-order valence-electron chi connectivity index (χ4n) is 2.07. The summed E-state index contributed by atoms with van der Waals surface area (Å²) in [5, 5.41) is 0. The van der Waals surface area contributed by atoms with Gasteiger partial charge in [-0.2, -0.15) is 0 Å². The molecule has 1 unspecified atom stereocenters. The zero-order chi connectivity index (χ0) is 11.7. The van der Waals surface area contributed by atoms with Crippen LogP contribution in [0.1, 0.15) is 45.2 Å². The quantitative estimate of drug-likeness (QED) is 0.628. The standard InChI is InChI=1S/C14H21Cl/c1-11-7-6-8-12(9-11)14(5,15)10-13(2,3)4/h6-9H,10H2,1-5H3. The predicted octanol–water partition coefficient (Wildman–Crippen LogP) is 4.89. The van der Waals surface area contributed by atoms with Crippen LogP contribution in [0.4, 0.5) is 0 Å². The Morgan fingerprint density at radius 1 is 1.13 bits per heavy atom. The smallest absolute Gasteiger partial charge is 0.0671 e. The van der Waals surface area contributed by atoms with Crippen molar-refractivity contribution in [1.29, 1.82) is 0 Å². The number of aryl methyl sites for hydroxylation is 1. The summed E-state index contributed by atoms with van der Waals surface area (Å²) in [6.45, 7) is 10.9. The lowest BCUT2D eigenvalue weighted by Crippen LogP contribution is -2.22. The van der Waals surface area contributed by atoms with Crippen molar-refractivity contribution in [2.75, 3.05) is 0 Å². The van der Waals surface area contributed by atoms with Crippen molar-refractivity contribution < 1.29 is 0 Å². The summed E-state index contributed by atoms with van der Waals surface area (Å²) in [6.07, 6.45) is 0.977. The molecule has 1 rings (SSSR count). The molecule has 0 aliphatic rings. The fourth-order valence-corrected chi connectivity index (χ4v) is 2.59. The molecule has 1 aromatic rings. The van der Waals surface area contributed by atoms with Crippen molar-refractivity contribution in [1.82, 2.24) is 0 Å². The summed E-state index contributed by atoms with van der Waals surface area (Å²) in [7, 11) is 0. The van der Waals surface area contributed by atoms with Crippen molar-refractivity contribution >= 4 is 11.6 Å². The number of alkyl halides is 1. The highest BCUT2D eigenvalue weighted by atomic mass is 35.5. The molecule has 0 saturated heterocycles. The summed E-state index contributed by atoms with van der Waals surface area (Å²) in [6, 6.07) is 8.48. The molecular formula is C14H21Cl. The largest absolute Gasteiger partial charge is 0.114 e. The highest BCUT2D eigenvalue weighted by molar-refractivity contribution is 6.23. The van der Waals surface area contributed by atoms with Gasteiger partial charge in [0.2, 0.25) is 0 Å². The maximum absolute atomic E-state index is 6.62. The van der Waals surface area contributed by atoms with E-state index in [1.807, 2.05) is 0 Å². The minimum atomic E-state index is -0.260. The number of hydrogen-bond donors (Lipinski definition) is 0. The first-order valence-corrected chi connectivity index (χ1v) is 5.85. The van der Waals surface area contributed by atoms with Crippen LogP contribution in [0.5, 0.6) is 0 Å². The van der Waals surface area contributed by atoms with Crippen molar-refractivity contribution in [3.05, 3.63) is 35.4 Å². The maximum Gasteiger partial charge on any atom is 0.0671 e. The minimum Gasteiger partial charge on any atom is -0.114 e. The second-order valence-electron chi connectivity index (χ2n) is 5.80. The summed E-state index contributed by atoms with van der Waals surface area (Å²) in [4.78, 5) is -0.260. The predicted molar refractivity (Wildman–Crippen MR) is 68.5 cm³/mol. The Morgan fingerprint density at radius 2 is 1.73 bits per heavy atom. The van der Waals surface area contributed by atoms with Crippen molar-refractivity contribution in [2.24, 2.45) is 5.41 Å². The second kappa shape index (κ2) is 4.17. The Bertz CT molecular complexity index is 331. The van der Waals surface area contributed by atoms with Crippen molar-refractivity contribution in [3.8, 4) is 0 Å². The van der Waals surface area contributed by atoms with Crippen LogP contribution < -0.4 is 0 Å². The molecule has 0 nitrogen and oxygen atoms in total. The third-order valence-electron chi connectivity index (χ3n) is 2.48. The zero-order valence-corrected chi connectivity index (χ0v) is 11.2. The molecule has 1 heteroatoms. The molecule has 0 aromatic heterocycles. The van der Waals surface area contributed by atoms with Crippen LogP contribution in [0.25, 0.3) is 0 Å². The summed E-state index contributed by atoms with van der Waals surface area (Å²) in [5.74, 6) is 0. The molecule has 0 aliphatic heterocycles. The number of rotatable bonds is 2. The van der Waals surface area contributed by atoms with Crippen LogP contribution in [-0.4, -0.2) is 0 Å². The molecule has 0 saturated carbocycles. The Balaban J connectivity index is 2.95. The van der Waals surface area contributed by atoms with Crippen LogP contribution in [0, 0.1) is 12.3 Å². The molecule has 0 heterocycles. The van der Waals surface area contributed by atoms with Gasteiger partial charge in [-0.05, 0) is 31.2 Å². The Hall–Kier alpha value is -0.490. The van der Waals surface area contributed by atoms with E-state index in [0.717, 1.165) is 6.42 Å². The third kappa shape index (κ3) is 3.87. The van der Waals surface area contributed by atoms with E-state index < -0.39 is 0 Å². The third-order valence-corrected chi connectivity index (χ3v) is 2.83. The SMILES string of the molecule is Cc1cccc(C(C)(Cl)CC(C)(C)C)c1. The number of benzene rings is 1. The molecule has 0 fully saturated rings. The van der Waals surface area contributed by atoms with Gasteiger partial charge in [0.1, 0.15) is 0 Å². The second-order valence-corrected chi connectivity index (χ2v) is 6.64. The Kier molecular flexibility index (Phi) is 3.50. The molecule has 0 spiro atoms. The van der Waals surface area contributed by atoms with E-state index >= 15 is 0 Å². The Labute approximate surface area is 98.7 Å². The topological polar surface area (TPSA) is 0 Å². The summed E-state index contributed by atoms with van der Waals surface area (Å²) >= 11 is 6.62. The zero-order valence-electron chi connectivity index (χ0n) is 10.4. The van der Waals surface area contributed by atoms with Gasteiger partial charge in [-0.25, -0.2) is 0 Å². The van der Waals surface area contributed by atoms with Gasteiger partial charge in [-0.15, -0.1) is 11.6 Å². The van der Waals surface area contributed by atoms with Gasteiger partial charge in [0.25, 0.3) is 0 Å². The van der Waals surface area contributed by atoms with Crippen molar-refractivity contribution in [2.45, 2.75) is 45.9 Å². The van der Waals surface area contributed by atoms with Gasteiger partial charge in [0.05, 0.1) is 4.87 Å². The first-order chi connectivity index (χ1) is 6.71. The van der Waals surface area contributed by atoms with E-state index in [1.165, 1.54) is 11.1 Å². The monoisotopic (exact) mass is 224 g/mol. The van der Waals surface area contributed by atoms with E-state index in [1.54, 1.807) is 0 Å². The lowest BCUT2D eigenvalue weighted by atomic mass is 9.81. The fraction of sp³-hybridized carbons (Fsp3) is 0.571. The lowest BCUT2D eigenvalue weighted by Gasteiger charge is -2.31. The van der Waals surface area contributed by atoms with Gasteiger partial charge in [-0.3, -0.25) is 0 Å². The van der Waals surface area contributed by atoms with Crippen LogP contribution in [-0.2, 0) is 4.87 Å². The molecule has 1 aromatic carbocycles. The van der Waals surface area contributed by atoms with Gasteiger partial charge in [0.15, 0.2) is 0 Å². The molecule has 1 atom stereocenters. The first kappa shape index (κ1) is 12.6. The number of hydrogen-bond acceptors (Lipinski definition) is 0. The van der Waals surface area contributed by atoms with Crippen LogP contribution in [0.3, 0.4) is 0 Å². The molecule has 0 bridgehead atoms. The molecule has 84 valence electrons. The van der Waals surface area contributed by atoms with Crippen LogP contribution >= 0.6 is 11.6 Å². The molecule has 0 N–H and O–H groups in total. The molecule has 0 amide bonds. The van der Waals surface area contributed by atoms with Crippen LogP contribution in [0.15, 0.2) is 24.3 Å². The van der Waals surface area contributed by atoms with E-state index in [4.69, 9.17) is 11.6 Å².